The van der Waals surface area contributed by atoms with Crippen LogP contribution >= 0.6 is 0 Å². The Balaban J connectivity index is 3.09. The average Bonchev–Trinajstić information content (AvgIpc) is 2.07. The predicted molar refractivity (Wildman–Crippen MR) is 42.6 cm³/mol. The molecule has 0 spiro atoms. The lowest BCUT2D eigenvalue weighted by atomic mass is 10.2. The lowest BCUT2D eigenvalue weighted by molar-refractivity contribution is -0.140. The zero-order chi connectivity index (χ0) is 10.8. The Morgan fingerprint density at radius 1 is 1.29 bits per heavy atom. The van der Waals surface area contributed by atoms with Crippen molar-refractivity contribution in [3.05, 3.63) is 29.6 Å². The third-order valence-corrected chi connectivity index (χ3v) is 1.55. The summed E-state index contributed by atoms with van der Waals surface area (Å²) in [5, 5.41) is 0. The second kappa shape index (κ2) is 3.86. The first-order valence-corrected chi connectivity index (χ1v) is 3.94. The lowest BCUT2D eigenvalue weighted by Gasteiger charge is -2.10. The summed E-state index contributed by atoms with van der Waals surface area (Å²) in [6.07, 6.45) is -4.68. The van der Waals surface area contributed by atoms with Crippen molar-refractivity contribution in [2.75, 3.05) is 6.61 Å². The van der Waals surface area contributed by atoms with Crippen LogP contribution in [0.4, 0.5) is 17.6 Å². The van der Waals surface area contributed by atoms with Crippen LogP contribution in [-0.2, 0) is 6.18 Å². The van der Waals surface area contributed by atoms with E-state index < -0.39 is 17.6 Å². The first kappa shape index (κ1) is 10.8. The number of rotatable bonds is 2. The lowest BCUT2D eigenvalue weighted by Crippen LogP contribution is -2.08. The van der Waals surface area contributed by atoms with Gasteiger partial charge >= 0.3 is 6.18 Å². The SMILES string of the molecule is CCOc1ccc(F)c(C(F)(F)F)c1. The summed E-state index contributed by atoms with van der Waals surface area (Å²) < 4.78 is 54.1. The maximum atomic E-state index is 12.7. The van der Waals surface area contributed by atoms with Crippen molar-refractivity contribution in [2.24, 2.45) is 0 Å². The molecule has 14 heavy (non-hydrogen) atoms. The molecule has 0 atom stereocenters. The van der Waals surface area contributed by atoms with E-state index in [2.05, 4.69) is 0 Å². The predicted octanol–water partition coefficient (Wildman–Crippen LogP) is 3.24. The van der Waals surface area contributed by atoms with Crippen molar-refractivity contribution in [2.45, 2.75) is 13.1 Å². The third kappa shape index (κ3) is 2.37. The molecular formula is C9H8F4O. The molecule has 78 valence electrons. The molecule has 1 rings (SSSR count). The Kier molecular flexibility index (Phi) is 2.98. The van der Waals surface area contributed by atoms with Crippen molar-refractivity contribution < 1.29 is 22.3 Å². The average molecular weight is 208 g/mol. The highest BCUT2D eigenvalue weighted by atomic mass is 19.4. The quantitative estimate of drug-likeness (QED) is 0.678. The topological polar surface area (TPSA) is 9.23 Å². The van der Waals surface area contributed by atoms with Gasteiger partial charge in [-0.3, -0.25) is 0 Å². The van der Waals surface area contributed by atoms with Crippen molar-refractivity contribution in [1.82, 2.24) is 0 Å². The number of halogens is 4. The summed E-state index contributed by atoms with van der Waals surface area (Å²) in [6.45, 7) is 1.87. The Morgan fingerprint density at radius 3 is 2.43 bits per heavy atom. The molecule has 0 radical (unpaired) electrons. The van der Waals surface area contributed by atoms with E-state index >= 15 is 0 Å². The van der Waals surface area contributed by atoms with Gasteiger partial charge in [0.25, 0.3) is 0 Å². The maximum Gasteiger partial charge on any atom is 0.419 e. The number of hydrogen-bond donors (Lipinski definition) is 0. The van der Waals surface area contributed by atoms with Gasteiger partial charge in [0.1, 0.15) is 11.6 Å². The van der Waals surface area contributed by atoms with Crippen LogP contribution in [0, 0.1) is 5.82 Å². The number of hydrogen-bond acceptors (Lipinski definition) is 1. The fraction of sp³-hybridized carbons (Fsp3) is 0.333. The van der Waals surface area contributed by atoms with Gasteiger partial charge < -0.3 is 4.74 Å². The van der Waals surface area contributed by atoms with E-state index in [-0.39, 0.29) is 12.4 Å². The molecule has 0 N–H and O–H groups in total. The first-order chi connectivity index (χ1) is 6.45. The van der Waals surface area contributed by atoms with Gasteiger partial charge in [-0.2, -0.15) is 13.2 Å². The summed E-state index contributed by atoms with van der Waals surface area (Å²) in [6, 6.07) is 2.56. The smallest absolute Gasteiger partial charge is 0.419 e. The molecule has 0 heterocycles. The van der Waals surface area contributed by atoms with Crippen LogP contribution in [0.2, 0.25) is 0 Å². The zero-order valence-corrected chi connectivity index (χ0v) is 7.36. The monoisotopic (exact) mass is 208 g/mol. The van der Waals surface area contributed by atoms with Gasteiger partial charge in [-0.1, -0.05) is 0 Å². The summed E-state index contributed by atoms with van der Waals surface area (Å²) in [4.78, 5) is 0. The summed E-state index contributed by atoms with van der Waals surface area (Å²) >= 11 is 0. The van der Waals surface area contributed by atoms with E-state index in [4.69, 9.17) is 4.74 Å². The molecule has 0 aliphatic carbocycles. The van der Waals surface area contributed by atoms with E-state index in [1.165, 1.54) is 0 Å². The van der Waals surface area contributed by atoms with Gasteiger partial charge in [-0.05, 0) is 25.1 Å². The second-order valence-corrected chi connectivity index (χ2v) is 2.57. The molecule has 1 aromatic carbocycles. The number of alkyl halides is 3. The molecule has 0 aromatic heterocycles. The highest BCUT2D eigenvalue weighted by Gasteiger charge is 2.34. The van der Waals surface area contributed by atoms with Crippen LogP contribution in [0.3, 0.4) is 0 Å². The normalized spacial score (nSPS) is 11.5. The highest BCUT2D eigenvalue weighted by Crippen LogP contribution is 2.33. The number of ether oxygens (including phenoxy) is 1. The Bertz CT molecular complexity index is 319. The Morgan fingerprint density at radius 2 is 1.93 bits per heavy atom. The minimum Gasteiger partial charge on any atom is -0.494 e. The Hall–Kier alpha value is -1.26. The van der Waals surface area contributed by atoms with Crippen LogP contribution in [-0.4, -0.2) is 6.61 Å². The maximum absolute atomic E-state index is 12.7. The fourth-order valence-corrected chi connectivity index (χ4v) is 0.978. The van der Waals surface area contributed by atoms with E-state index in [9.17, 15) is 17.6 Å². The molecular weight excluding hydrogens is 200 g/mol. The van der Waals surface area contributed by atoms with Gasteiger partial charge in [0, 0.05) is 0 Å². The molecule has 1 nitrogen and oxygen atoms in total. The number of benzene rings is 1. The largest absolute Gasteiger partial charge is 0.494 e. The van der Waals surface area contributed by atoms with Gasteiger partial charge in [0.2, 0.25) is 0 Å². The summed E-state index contributed by atoms with van der Waals surface area (Å²) in [7, 11) is 0. The van der Waals surface area contributed by atoms with E-state index in [0.29, 0.717) is 6.07 Å². The molecule has 0 aliphatic heterocycles. The van der Waals surface area contributed by atoms with Crippen LogP contribution < -0.4 is 4.74 Å². The summed E-state index contributed by atoms with van der Waals surface area (Å²) in [5.74, 6) is -1.28. The van der Waals surface area contributed by atoms with E-state index in [1.807, 2.05) is 0 Å². The molecule has 0 unspecified atom stereocenters. The molecule has 0 fully saturated rings. The van der Waals surface area contributed by atoms with Crippen LogP contribution in [0.1, 0.15) is 12.5 Å². The molecule has 5 heteroatoms. The van der Waals surface area contributed by atoms with E-state index in [1.54, 1.807) is 6.92 Å². The fourth-order valence-electron chi connectivity index (χ4n) is 0.978. The van der Waals surface area contributed by atoms with Gasteiger partial charge in [0.05, 0.1) is 12.2 Å². The van der Waals surface area contributed by atoms with Gasteiger partial charge in [0.15, 0.2) is 0 Å². The molecule has 0 saturated carbocycles. The van der Waals surface area contributed by atoms with Gasteiger partial charge in [-0.25, -0.2) is 4.39 Å². The second-order valence-electron chi connectivity index (χ2n) is 2.57. The third-order valence-electron chi connectivity index (χ3n) is 1.55. The molecule has 0 aliphatic rings. The first-order valence-electron chi connectivity index (χ1n) is 3.94. The highest BCUT2D eigenvalue weighted by molar-refractivity contribution is 5.31. The van der Waals surface area contributed by atoms with Crippen molar-refractivity contribution in [1.29, 1.82) is 0 Å². The van der Waals surface area contributed by atoms with E-state index in [0.717, 1.165) is 12.1 Å². The summed E-state index contributed by atoms with van der Waals surface area (Å²) in [5.41, 5.74) is -1.30. The minimum absolute atomic E-state index is 0.0150. The zero-order valence-electron chi connectivity index (χ0n) is 7.36. The van der Waals surface area contributed by atoms with Crippen LogP contribution in [0.5, 0.6) is 5.75 Å². The van der Waals surface area contributed by atoms with Crippen molar-refractivity contribution >= 4 is 0 Å². The van der Waals surface area contributed by atoms with Gasteiger partial charge in [-0.15, -0.1) is 0 Å². The Labute approximate surface area is 78.3 Å². The van der Waals surface area contributed by atoms with Crippen LogP contribution in [0.25, 0.3) is 0 Å². The molecule has 0 saturated heterocycles. The molecule has 1 aromatic rings. The standard InChI is InChI=1S/C9H8F4O/c1-2-14-6-3-4-8(10)7(5-6)9(11,12)13/h3-5H,2H2,1H3. The molecule has 0 bridgehead atoms. The van der Waals surface area contributed by atoms with Crippen molar-refractivity contribution in [3.8, 4) is 5.75 Å². The minimum atomic E-state index is -4.68. The van der Waals surface area contributed by atoms with Crippen molar-refractivity contribution in [3.63, 3.8) is 0 Å². The van der Waals surface area contributed by atoms with Crippen LogP contribution in [0.15, 0.2) is 18.2 Å². The molecule has 0 amide bonds.